The number of aromatic nitrogens is 2. The van der Waals surface area contributed by atoms with Crippen molar-refractivity contribution in [3.8, 4) is 11.3 Å². The minimum Gasteiger partial charge on any atom is -0.296 e. The molecule has 0 aliphatic carbocycles. The third-order valence-electron chi connectivity index (χ3n) is 3.42. The van der Waals surface area contributed by atoms with E-state index in [2.05, 4.69) is 70.6 Å². The summed E-state index contributed by atoms with van der Waals surface area (Å²) < 4.78 is 3.34. The zero-order chi connectivity index (χ0) is 13.4. The number of imidazole rings is 1. The summed E-state index contributed by atoms with van der Waals surface area (Å²) in [5.74, 6) is 0. The summed E-state index contributed by atoms with van der Waals surface area (Å²) in [6, 6.07) is 14.6. The lowest BCUT2D eigenvalue weighted by Gasteiger charge is -2.08. The second-order valence-electron chi connectivity index (χ2n) is 4.59. The molecule has 0 unspecified atom stereocenters. The first-order valence-electron chi connectivity index (χ1n) is 6.44. The minimum atomic E-state index is 0.933. The van der Waals surface area contributed by atoms with Crippen molar-refractivity contribution in [3.63, 3.8) is 0 Å². The minimum absolute atomic E-state index is 0.933. The van der Waals surface area contributed by atoms with Crippen LogP contribution in [0.1, 0.15) is 18.3 Å². The highest BCUT2D eigenvalue weighted by Gasteiger charge is 2.14. The summed E-state index contributed by atoms with van der Waals surface area (Å²) in [5, 5.41) is 0. The van der Waals surface area contributed by atoms with Gasteiger partial charge in [0.15, 0.2) is 0 Å². The van der Waals surface area contributed by atoms with Crippen molar-refractivity contribution in [3.05, 3.63) is 58.3 Å². The molecule has 0 bridgehead atoms. The average molecular weight is 315 g/mol. The van der Waals surface area contributed by atoms with E-state index in [1.54, 1.807) is 0 Å². The van der Waals surface area contributed by atoms with Gasteiger partial charge < -0.3 is 0 Å². The van der Waals surface area contributed by atoms with Gasteiger partial charge in [-0.2, -0.15) is 0 Å². The molecule has 0 saturated carbocycles. The third-order valence-corrected chi connectivity index (χ3v) is 4.26. The monoisotopic (exact) mass is 314 g/mol. The van der Waals surface area contributed by atoms with Crippen molar-refractivity contribution >= 4 is 21.6 Å². The highest BCUT2D eigenvalue weighted by Crippen LogP contribution is 2.29. The molecule has 0 spiro atoms. The molecular weight excluding hydrogens is 300 g/mol. The van der Waals surface area contributed by atoms with Crippen molar-refractivity contribution in [2.75, 3.05) is 0 Å². The lowest BCUT2D eigenvalue weighted by Crippen LogP contribution is -1.96. The van der Waals surface area contributed by atoms with Crippen molar-refractivity contribution in [2.24, 2.45) is 0 Å². The van der Waals surface area contributed by atoms with Gasteiger partial charge in [-0.05, 0) is 41.4 Å². The van der Waals surface area contributed by atoms with Crippen LogP contribution >= 0.6 is 15.9 Å². The molecule has 3 aromatic rings. The van der Waals surface area contributed by atoms with Crippen LogP contribution in [-0.4, -0.2) is 9.38 Å². The largest absolute Gasteiger partial charge is 0.296 e. The van der Waals surface area contributed by atoms with Crippen molar-refractivity contribution in [2.45, 2.75) is 20.3 Å². The van der Waals surface area contributed by atoms with E-state index in [1.165, 1.54) is 17.0 Å². The predicted molar refractivity (Wildman–Crippen MR) is 82.4 cm³/mol. The van der Waals surface area contributed by atoms with Gasteiger partial charge in [-0.25, -0.2) is 4.98 Å². The van der Waals surface area contributed by atoms with E-state index in [9.17, 15) is 0 Å². The van der Waals surface area contributed by atoms with Crippen LogP contribution in [0.3, 0.4) is 0 Å². The Labute approximate surface area is 121 Å². The molecule has 0 aliphatic heterocycles. The number of rotatable bonds is 2. The van der Waals surface area contributed by atoms with E-state index < -0.39 is 0 Å². The molecule has 0 aliphatic rings. The molecule has 3 rings (SSSR count). The number of halogens is 1. The van der Waals surface area contributed by atoms with E-state index in [0.717, 1.165) is 22.2 Å². The number of hydrogen-bond donors (Lipinski definition) is 0. The van der Waals surface area contributed by atoms with Crippen molar-refractivity contribution in [1.82, 2.24) is 9.38 Å². The molecule has 0 amide bonds. The summed E-state index contributed by atoms with van der Waals surface area (Å²) in [7, 11) is 0. The number of fused-ring (bicyclic) bond motifs is 1. The topological polar surface area (TPSA) is 17.3 Å². The Hall–Kier alpha value is -1.61. The first-order chi connectivity index (χ1) is 9.22. The summed E-state index contributed by atoms with van der Waals surface area (Å²) in [5.41, 5.74) is 5.76. The van der Waals surface area contributed by atoms with Gasteiger partial charge >= 0.3 is 0 Å². The fourth-order valence-electron chi connectivity index (χ4n) is 2.45. The van der Waals surface area contributed by atoms with Gasteiger partial charge in [0.25, 0.3) is 0 Å². The van der Waals surface area contributed by atoms with Crippen LogP contribution in [0.25, 0.3) is 16.9 Å². The van der Waals surface area contributed by atoms with Crippen LogP contribution in [-0.2, 0) is 6.42 Å². The van der Waals surface area contributed by atoms with Crippen LogP contribution in [0.15, 0.2) is 46.9 Å². The molecule has 0 atom stereocenters. The molecule has 3 heteroatoms. The van der Waals surface area contributed by atoms with Gasteiger partial charge in [0, 0.05) is 15.7 Å². The normalized spacial score (nSPS) is 11.1. The molecule has 0 radical (unpaired) electrons. The smallest absolute Gasteiger partial charge is 0.137 e. The Bertz CT molecular complexity index is 729. The summed E-state index contributed by atoms with van der Waals surface area (Å²) in [4.78, 5) is 4.75. The van der Waals surface area contributed by atoms with Gasteiger partial charge in [-0.15, -0.1) is 0 Å². The highest BCUT2D eigenvalue weighted by molar-refractivity contribution is 9.10. The van der Waals surface area contributed by atoms with Gasteiger partial charge in [0.05, 0.1) is 11.4 Å². The maximum atomic E-state index is 4.75. The van der Waals surface area contributed by atoms with E-state index >= 15 is 0 Å². The maximum absolute atomic E-state index is 4.75. The Morgan fingerprint density at radius 2 is 1.84 bits per heavy atom. The Kier molecular flexibility index (Phi) is 3.15. The second-order valence-corrected chi connectivity index (χ2v) is 5.44. The molecule has 19 heavy (non-hydrogen) atoms. The van der Waals surface area contributed by atoms with E-state index in [1.807, 2.05) is 6.07 Å². The molecule has 1 aromatic carbocycles. The fraction of sp³-hybridized carbons (Fsp3) is 0.188. The summed E-state index contributed by atoms with van der Waals surface area (Å²) in [6.45, 7) is 4.27. The summed E-state index contributed by atoms with van der Waals surface area (Å²) >= 11 is 3.61. The molecule has 2 nitrogen and oxygen atoms in total. The number of nitrogens with zero attached hydrogens (tertiary/aromatic N) is 2. The number of aryl methyl sites for hydroxylation is 2. The van der Waals surface area contributed by atoms with Crippen LogP contribution in [0.5, 0.6) is 0 Å². The second kappa shape index (κ2) is 4.82. The zero-order valence-corrected chi connectivity index (χ0v) is 12.6. The summed E-state index contributed by atoms with van der Waals surface area (Å²) in [6.07, 6.45) is 0.933. The fourth-order valence-corrected chi connectivity index (χ4v) is 2.76. The Morgan fingerprint density at radius 3 is 2.53 bits per heavy atom. The van der Waals surface area contributed by atoms with Gasteiger partial charge in [0.1, 0.15) is 5.65 Å². The Balaban J connectivity index is 2.42. The SMILES string of the molecule is CCc1nc2ccc(Br)c(C)n2c1-c1ccccc1. The predicted octanol–water partition coefficient (Wildman–Crippen LogP) is 4.63. The molecule has 0 saturated heterocycles. The standard InChI is InChI=1S/C16H15BrN2/c1-3-14-16(12-7-5-4-6-8-12)19-11(2)13(17)9-10-15(19)18-14/h4-10H,3H2,1-2H3. The van der Waals surface area contributed by atoms with Crippen LogP contribution < -0.4 is 0 Å². The highest BCUT2D eigenvalue weighted by atomic mass is 79.9. The molecular formula is C16H15BrN2. The molecule has 0 N–H and O–H groups in total. The first kappa shape index (κ1) is 12.4. The van der Waals surface area contributed by atoms with Crippen LogP contribution in [0.2, 0.25) is 0 Å². The maximum Gasteiger partial charge on any atom is 0.137 e. The average Bonchev–Trinajstić information content (AvgIpc) is 2.83. The molecule has 0 fully saturated rings. The quantitative estimate of drug-likeness (QED) is 0.674. The molecule has 96 valence electrons. The first-order valence-corrected chi connectivity index (χ1v) is 7.23. The molecule has 2 aromatic heterocycles. The zero-order valence-electron chi connectivity index (χ0n) is 11.0. The number of benzene rings is 1. The number of hydrogen-bond acceptors (Lipinski definition) is 1. The number of pyridine rings is 1. The van der Waals surface area contributed by atoms with Crippen molar-refractivity contribution < 1.29 is 0 Å². The van der Waals surface area contributed by atoms with Crippen LogP contribution in [0, 0.1) is 6.92 Å². The van der Waals surface area contributed by atoms with Gasteiger partial charge in [-0.3, -0.25) is 4.40 Å². The van der Waals surface area contributed by atoms with Gasteiger partial charge in [-0.1, -0.05) is 37.3 Å². The van der Waals surface area contributed by atoms with Gasteiger partial charge in [0.2, 0.25) is 0 Å². The van der Waals surface area contributed by atoms with Crippen LogP contribution in [0.4, 0.5) is 0 Å². The van der Waals surface area contributed by atoms with E-state index in [0.29, 0.717) is 0 Å². The Morgan fingerprint density at radius 1 is 1.11 bits per heavy atom. The van der Waals surface area contributed by atoms with E-state index in [4.69, 9.17) is 4.98 Å². The molecule has 2 heterocycles. The van der Waals surface area contributed by atoms with Crippen molar-refractivity contribution in [1.29, 1.82) is 0 Å². The van der Waals surface area contributed by atoms with E-state index in [-0.39, 0.29) is 0 Å². The lowest BCUT2D eigenvalue weighted by atomic mass is 10.1. The lowest BCUT2D eigenvalue weighted by molar-refractivity contribution is 1.06. The third kappa shape index (κ3) is 1.98.